The van der Waals surface area contributed by atoms with Gasteiger partial charge < -0.3 is 10.2 Å². The third-order valence-corrected chi connectivity index (χ3v) is 5.47. The van der Waals surface area contributed by atoms with E-state index >= 15 is 0 Å². The van der Waals surface area contributed by atoms with Gasteiger partial charge in [0.2, 0.25) is 0 Å². The lowest BCUT2D eigenvalue weighted by atomic mass is 10.1. The number of anilines is 3. The van der Waals surface area contributed by atoms with Crippen molar-refractivity contribution in [2.45, 2.75) is 38.0 Å². The minimum Gasteiger partial charge on any atom is -0.366 e. The molecule has 1 fully saturated rings. The van der Waals surface area contributed by atoms with Gasteiger partial charge in [0.05, 0.1) is 17.9 Å². The summed E-state index contributed by atoms with van der Waals surface area (Å²) >= 11 is 0. The van der Waals surface area contributed by atoms with Crippen molar-refractivity contribution in [3.63, 3.8) is 0 Å². The molecular formula is C20H20F4N6O2. The summed E-state index contributed by atoms with van der Waals surface area (Å²) in [5.74, 6) is -1.24. The van der Waals surface area contributed by atoms with Crippen LogP contribution in [0.15, 0.2) is 30.5 Å². The second-order valence-electron chi connectivity index (χ2n) is 7.57. The molecule has 4 rings (SSSR count). The van der Waals surface area contributed by atoms with Gasteiger partial charge in [-0.2, -0.15) is 13.2 Å². The van der Waals surface area contributed by atoms with Gasteiger partial charge in [-0.15, -0.1) is 0 Å². The molecule has 0 radical (unpaired) electrons. The second kappa shape index (κ2) is 8.24. The summed E-state index contributed by atoms with van der Waals surface area (Å²) in [5, 5.41) is 4.53. The highest BCUT2D eigenvalue weighted by Gasteiger charge is 2.42. The number of carbonyl (C=O) groups is 2. The second-order valence-corrected chi connectivity index (χ2v) is 7.57. The lowest BCUT2D eigenvalue weighted by molar-refractivity contribution is -0.153. The third kappa shape index (κ3) is 4.16. The molecule has 0 saturated carbocycles. The summed E-state index contributed by atoms with van der Waals surface area (Å²) in [6.45, 7) is 2.53. The zero-order valence-electron chi connectivity index (χ0n) is 17.0. The van der Waals surface area contributed by atoms with Gasteiger partial charge in [0.15, 0.2) is 5.82 Å². The maximum atomic E-state index is 13.1. The maximum Gasteiger partial charge on any atom is 0.408 e. The van der Waals surface area contributed by atoms with E-state index in [0.717, 1.165) is 12.3 Å². The van der Waals surface area contributed by atoms with E-state index in [2.05, 4.69) is 15.3 Å². The minimum absolute atomic E-state index is 0.128. The highest BCUT2D eigenvalue weighted by atomic mass is 19.4. The molecule has 12 heteroatoms. The molecule has 2 N–H and O–H groups in total. The Kier molecular flexibility index (Phi) is 5.61. The number of alkyl halides is 3. The monoisotopic (exact) mass is 452 g/mol. The molecule has 2 bridgehead atoms. The van der Waals surface area contributed by atoms with Crippen molar-refractivity contribution in [3.8, 4) is 0 Å². The quantitative estimate of drug-likeness (QED) is 0.695. The van der Waals surface area contributed by atoms with Crippen molar-refractivity contribution < 1.29 is 27.2 Å². The molecular weight excluding hydrogens is 432 g/mol. The van der Waals surface area contributed by atoms with E-state index in [1.807, 2.05) is 10.2 Å². The van der Waals surface area contributed by atoms with E-state index in [1.54, 1.807) is 6.07 Å². The van der Waals surface area contributed by atoms with Crippen molar-refractivity contribution in [1.82, 2.24) is 15.3 Å². The first-order valence-corrected chi connectivity index (χ1v) is 10.0. The molecule has 2 aliphatic rings. The number of hydrogen-bond acceptors (Lipinski definition) is 5. The van der Waals surface area contributed by atoms with Crippen molar-refractivity contribution in [1.29, 1.82) is 0 Å². The number of aromatic nitrogens is 2. The van der Waals surface area contributed by atoms with Crippen LogP contribution < -0.4 is 20.4 Å². The fourth-order valence-corrected chi connectivity index (χ4v) is 3.87. The Morgan fingerprint density at radius 3 is 2.69 bits per heavy atom. The number of urea groups is 1. The number of fused-ring (bicyclic) bond motifs is 4. The van der Waals surface area contributed by atoms with Gasteiger partial charge in [0, 0.05) is 13.1 Å². The van der Waals surface area contributed by atoms with E-state index < -0.39 is 30.0 Å². The number of amides is 3. The van der Waals surface area contributed by atoms with Gasteiger partial charge in [0.1, 0.15) is 23.4 Å². The van der Waals surface area contributed by atoms with Gasteiger partial charge in [-0.1, -0.05) is 6.92 Å². The average Bonchev–Trinajstić information content (AvgIpc) is 3.16. The average molecular weight is 452 g/mol. The van der Waals surface area contributed by atoms with E-state index in [-0.39, 0.29) is 29.8 Å². The van der Waals surface area contributed by atoms with E-state index in [0.29, 0.717) is 25.2 Å². The summed E-state index contributed by atoms with van der Waals surface area (Å²) in [4.78, 5) is 36.9. The summed E-state index contributed by atoms with van der Waals surface area (Å²) in [6, 6.07) is 2.54. The largest absolute Gasteiger partial charge is 0.408 e. The smallest absolute Gasteiger partial charge is 0.366 e. The fraction of sp³-hybridized carbons (Fsp3) is 0.400. The van der Waals surface area contributed by atoms with Gasteiger partial charge >= 0.3 is 12.2 Å². The standard InChI is InChI=1S/C20H20F4N6O2/c1-2-15(20(22,23)24)27-18(31)13-4-5-14-17(26-13)30(12-7-8-29(14)10-12)19(32)28-16-6-3-11(21)9-25-16/h3-6,9,12,15H,2,7-8,10H2,1H3,(H,27,31)(H,25,28,32). The molecule has 3 amide bonds. The van der Waals surface area contributed by atoms with E-state index in [1.165, 1.54) is 24.0 Å². The van der Waals surface area contributed by atoms with Crippen LogP contribution in [0.1, 0.15) is 30.3 Å². The first kappa shape index (κ1) is 21.8. The Morgan fingerprint density at radius 2 is 2.03 bits per heavy atom. The Bertz CT molecular complexity index is 1030. The summed E-state index contributed by atoms with van der Waals surface area (Å²) in [5.41, 5.74) is 0.368. The number of rotatable bonds is 4. The van der Waals surface area contributed by atoms with Gasteiger partial charge in [-0.3, -0.25) is 15.0 Å². The van der Waals surface area contributed by atoms with Crippen molar-refractivity contribution in [2.75, 3.05) is 28.2 Å². The van der Waals surface area contributed by atoms with Gasteiger partial charge in [0.25, 0.3) is 5.91 Å². The van der Waals surface area contributed by atoms with Crippen LogP contribution in [-0.2, 0) is 0 Å². The Balaban J connectivity index is 1.62. The van der Waals surface area contributed by atoms with Gasteiger partial charge in [-0.05, 0) is 37.1 Å². The van der Waals surface area contributed by atoms with Gasteiger partial charge in [-0.25, -0.2) is 19.2 Å². The first-order valence-electron chi connectivity index (χ1n) is 10.0. The molecule has 0 aliphatic carbocycles. The van der Waals surface area contributed by atoms with Crippen LogP contribution in [0, 0.1) is 5.82 Å². The Labute approximate surface area is 180 Å². The van der Waals surface area contributed by atoms with Crippen LogP contribution in [0.3, 0.4) is 0 Å². The highest BCUT2D eigenvalue weighted by Crippen LogP contribution is 2.39. The zero-order chi connectivity index (χ0) is 23.0. The van der Waals surface area contributed by atoms with Crippen molar-refractivity contribution in [3.05, 3.63) is 42.0 Å². The van der Waals surface area contributed by atoms with E-state index in [9.17, 15) is 27.2 Å². The van der Waals surface area contributed by atoms with Crippen molar-refractivity contribution in [2.24, 2.45) is 0 Å². The molecule has 0 spiro atoms. The van der Waals surface area contributed by atoms with Crippen LogP contribution >= 0.6 is 0 Å². The topological polar surface area (TPSA) is 90.5 Å². The van der Waals surface area contributed by atoms with Crippen LogP contribution in [0.5, 0.6) is 0 Å². The number of carbonyl (C=O) groups excluding carboxylic acids is 2. The molecule has 8 nitrogen and oxygen atoms in total. The molecule has 2 atom stereocenters. The number of hydrogen-bond donors (Lipinski definition) is 2. The van der Waals surface area contributed by atoms with Crippen LogP contribution in [0.2, 0.25) is 0 Å². The lowest BCUT2D eigenvalue weighted by Gasteiger charge is -2.35. The summed E-state index contributed by atoms with van der Waals surface area (Å²) in [7, 11) is 0. The summed E-state index contributed by atoms with van der Waals surface area (Å²) in [6.07, 6.45) is -3.30. The summed E-state index contributed by atoms with van der Waals surface area (Å²) < 4.78 is 52.2. The van der Waals surface area contributed by atoms with Crippen molar-refractivity contribution >= 4 is 29.3 Å². The molecule has 0 aromatic carbocycles. The predicted molar refractivity (Wildman–Crippen MR) is 108 cm³/mol. The van der Waals surface area contributed by atoms with E-state index in [4.69, 9.17) is 0 Å². The molecule has 2 aromatic heterocycles. The van der Waals surface area contributed by atoms with Crippen LogP contribution in [0.4, 0.5) is 39.7 Å². The zero-order valence-corrected chi connectivity index (χ0v) is 17.0. The minimum atomic E-state index is -4.59. The molecule has 4 heterocycles. The third-order valence-electron chi connectivity index (χ3n) is 5.47. The molecule has 2 aromatic rings. The fourth-order valence-electron chi connectivity index (χ4n) is 3.87. The highest BCUT2D eigenvalue weighted by molar-refractivity contribution is 6.05. The number of pyridine rings is 2. The molecule has 2 unspecified atom stereocenters. The van der Waals surface area contributed by atoms with Crippen LogP contribution in [-0.4, -0.2) is 53.3 Å². The molecule has 170 valence electrons. The molecule has 1 saturated heterocycles. The molecule has 2 aliphatic heterocycles. The normalized spacial score (nSPS) is 18.2. The predicted octanol–water partition coefficient (Wildman–Crippen LogP) is 3.32. The number of halogens is 4. The first-order chi connectivity index (χ1) is 15.2. The SMILES string of the molecule is CCC(NC(=O)c1ccc2c(n1)N(C(=O)Nc1ccc(F)cn1)C1CCN2C1)C(F)(F)F. The lowest BCUT2D eigenvalue weighted by Crippen LogP contribution is -2.49. The van der Waals surface area contributed by atoms with Crippen LogP contribution in [0.25, 0.3) is 0 Å². The number of nitrogens with zero attached hydrogens (tertiary/aromatic N) is 4. The Hall–Kier alpha value is -3.44. The number of nitrogens with one attached hydrogen (secondary N) is 2. The molecule has 32 heavy (non-hydrogen) atoms. The maximum absolute atomic E-state index is 13.1. The Morgan fingerprint density at radius 1 is 1.25 bits per heavy atom.